The number of nitrogens with zero attached hydrogens (tertiary/aromatic N) is 3. The molecule has 0 atom stereocenters. The SMILES string of the molecule is [2H]C([2H])([2H])C(c1ccc(-n2c(-c3cc(C)cc(C)c3O)nc3c(-c4[c-]c(-c5cc(-c6ccc(C)cc6)ccn5)cc(C(C)(C)C)c4)cccc32)c(-c2ccccc2)c1)(C([2H])([2H])[2H])C([2H])([2H])[2H].[Pt]. The van der Waals surface area contributed by atoms with Gasteiger partial charge in [0, 0.05) is 50.9 Å². The van der Waals surface area contributed by atoms with Gasteiger partial charge in [-0.2, -0.15) is 0 Å². The third kappa shape index (κ3) is 7.83. The van der Waals surface area contributed by atoms with Gasteiger partial charge in [0.05, 0.1) is 22.3 Å². The van der Waals surface area contributed by atoms with Crippen molar-refractivity contribution < 1.29 is 38.5 Å². The Morgan fingerprint density at radius 2 is 1.36 bits per heavy atom. The minimum absolute atomic E-state index is 0. The second-order valence-electron chi connectivity index (χ2n) is 16.0. The van der Waals surface area contributed by atoms with Crippen molar-refractivity contribution in [2.45, 2.75) is 72.9 Å². The van der Waals surface area contributed by atoms with Gasteiger partial charge in [-0.1, -0.05) is 143 Å². The van der Waals surface area contributed by atoms with Crippen molar-refractivity contribution in [3.63, 3.8) is 0 Å². The minimum Gasteiger partial charge on any atom is -0.507 e. The first-order valence-corrected chi connectivity index (χ1v) is 19.0. The van der Waals surface area contributed by atoms with Crippen LogP contribution in [-0.2, 0) is 31.9 Å². The fourth-order valence-corrected chi connectivity index (χ4v) is 7.47. The quantitative estimate of drug-likeness (QED) is 0.169. The number of hydrogen-bond donors (Lipinski definition) is 1. The number of rotatable bonds is 6. The van der Waals surface area contributed by atoms with Gasteiger partial charge in [-0.3, -0.25) is 9.55 Å². The number of phenols is 1. The third-order valence-electron chi connectivity index (χ3n) is 10.6. The van der Waals surface area contributed by atoms with Crippen molar-refractivity contribution in [2.75, 3.05) is 0 Å². The van der Waals surface area contributed by atoms with E-state index in [-0.39, 0.29) is 37.8 Å². The molecule has 0 saturated heterocycles. The van der Waals surface area contributed by atoms with Gasteiger partial charge in [0.25, 0.3) is 0 Å². The van der Waals surface area contributed by atoms with E-state index < -0.39 is 26.0 Å². The summed E-state index contributed by atoms with van der Waals surface area (Å²) in [4.78, 5) is 10.2. The average molecular weight is 949 g/mol. The molecule has 294 valence electrons. The van der Waals surface area contributed by atoms with Gasteiger partial charge in [0.1, 0.15) is 11.6 Å². The molecule has 0 spiro atoms. The Hall–Kier alpha value is -5.57. The van der Waals surface area contributed by atoms with Crippen LogP contribution in [0.15, 0.2) is 134 Å². The number of hydrogen-bond acceptors (Lipinski definition) is 3. The summed E-state index contributed by atoms with van der Waals surface area (Å²) in [7, 11) is 0. The Morgan fingerprint density at radius 1 is 0.621 bits per heavy atom. The van der Waals surface area contributed by atoms with Crippen LogP contribution in [0, 0.1) is 26.8 Å². The molecule has 6 aromatic carbocycles. The van der Waals surface area contributed by atoms with Crippen LogP contribution in [0.1, 0.15) is 81.5 Å². The molecule has 1 N–H and O–H groups in total. The average Bonchev–Trinajstić information content (AvgIpc) is 3.63. The monoisotopic (exact) mass is 948 g/mol. The number of benzene rings is 6. The van der Waals surface area contributed by atoms with Crippen molar-refractivity contribution in [2.24, 2.45) is 0 Å². The van der Waals surface area contributed by atoms with Gasteiger partial charge in [0.15, 0.2) is 0 Å². The summed E-state index contributed by atoms with van der Waals surface area (Å²) in [5, 5.41) is 11.8. The van der Waals surface area contributed by atoms with Crippen LogP contribution in [0.2, 0.25) is 0 Å². The van der Waals surface area contributed by atoms with E-state index in [0.29, 0.717) is 44.8 Å². The predicted octanol–water partition coefficient (Wildman–Crippen LogP) is 13.8. The second-order valence-corrected chi connectivity index (χ2v) is 16.0. The maximum absolute atomic E-state index is 11.8. The van der Waals surface area contributed by atoms with Gasteiger partial charge in [-0.05, 0) is 95.3 Å². The number of imidazole rings is 1. The van der Waals surface area contributed by atoms with Gasteiger partial charge in [-0.15, -0.1) is 29.3 Å². The van der Waals surface area contributed by atoms with Gasteiger partial charge < -0.3 is 5.11 Å². The normalized spacial score (nSPS) is 14.8. The molecule has 5 heteroatoms. The number of fused-ring (bicyclic) bond motifs is 1. The minimum atomic E-state index is -3.47. The van der Waals surface area contributed by atoms with Crippen LogP contribution in [0.4, 0.5) is 0 Å². The number of aromatic hydroxyl groups is 1. The van der Waals surface area contributed by atoms with E-state index in [2.05, 4.69) is 76.2 Å². The molecule has 2 heterocycles. The van der Waals surface area contributed by atoms with Crippen LogP contribution in [0.5, 0.6) is 5.75 Å². The first-order chi connectivity index (χ1) is 30.9. The third-order valence-corrected chi connectivity index (χ3v) is 10.6. The molecule has 4 nitrogen and oxygen atoms in total. The van der Waals surface area contributed by atoms with E-state index >= 15 is 0 Å². The van der Waals surface area contributed by atoms with Crippen LogP contribution in [0.25, 0.3) is 72.7 Å². The zero-order chi connectivity index (χ0) is 47.7. The summed E-state index contributed by atoms with van der Waals surface area (Å²) in [6.07, 6.45) is 1.81. The fraction of sp³-hybridized carbons (Fsp3) is 0.208. The fourth-order valence-electron chi connectivity index (χ4n) is 7.47. The molecule has 58 heavy (non-hydrogen) atoms. The molecule has 2 aromatic heterocycles. The summed E-state index contributed by atoms with van der Waals surface area (Å²) in [5.41, 5.74) is 7.86. The number of phenolic OH excluding ortho intramolecular Hbond substituents is 1. The van der Waals surface area contributed by atoms with Crippen LogP contribution in [0.3, 0.4) is 0 Å². The molecule has 0 aliphatic rings. The molecular weight excluding hydrogens is 890 g/mol. The number of aromatic nitrogens is 3. The number of aryl methyl sites for hydroxylation is 3. The molecule has 0 aliphatic heterocycles. The summed E-state index contributed by atoms with van der Waals surface area (Å²) in [6.45, 7) is 1.82. The second kappa shape index (κ2) is 15.6. The topological polar surface area (TPSA) is 50.9 Å². The number of pyridine rings is 1. The number of para-hydroxylation sites is 1. The van der Waals surface area contributed by atoms with Crippen molar-refractivity contribution in [3.8, 4) is 67.5 Å². The van der Waals surface area contributed by atoms with E-state index in [1.54, 1.807) is 36.5 Å². The molecule has 8 rings (SSSR count). The summed E-state index contributed by atoms with van der Waals surface area (Å²) >= 11 is 0. The van der Waals surface area contributed by atoms with E-state index in [1.165, 1.54) is 17.7 Å². The molecule has 0 fully saturated rings. The maximum Gasteiger partial charge on any atom is 0.148 e. The Balaban J connectivity index is 0.00000666. The molecule has 0 saturated carbocycles. The van der Waals surface area contributed by atoms with E-state index in [4.69, 9.17) is 22.3 Å². The zero-order valence-electron chi connectivity index (χ0n) is 42.3. The van der Waals surface area contributed by atoms with Gasteiger partial charge in [0.2, 0.25) is 0 Å². The molecule has 0 radical (unpaired) electrons. The van der Waals surface area contributed by atoms with Gasteiger partial charge >= 0.3 is 0 Å². The van der Waals surface area contributed by atoms with Crippen molar-refractivity contribution >= 4 is 11.0 Å². The Bertz CT molecular complexity index is 3090. The van der Waals surface area contributed by atoms with E-state index in [1.807, 2.05) is 60.9 Å². The van der Waals surface area contributed by atoms with E-state index in [9.17, 15) is 5.11 Å². The molecular formula is C53H50N3OPt-. The van der Waals surface area contributed by atoms with Crippen LogP contribution < -0.4 is 0 Å². The van der Waals surface area contributed by atoms with Crippen molar-refractivity contribution in [3.05, 3.63) is 167 Å². The molecule has 0 unspecified atom stereocenters. The molecule has 0 aliphatic carbocycles. The first-order valence-electron chi connectivity index (χ1n) is 23.5. The van der Waals surface area contributed by atoms with Crippen molar-refractivity contribution in [1.82, 2.24) is 14.5 Å². The zero-order valence-corrected chi connectivity index (χ0v) is 35.6. The maximum atomic E-state index is 11.8. The Labute approximate surface area is 370 Å². The standard InChI is InChI=1S/C53H50N3O.Pt/c1-33-18-20-36(21-19-33)38-24-25-54-46(31-38)40-28-39(29-42(30-40)53(7,8)9)43-16-13-17-48-49(43)55-51(45-27-34(2)26-35(3)50(45)57)56(48)47-23-22-41(52(4,5)6)32-44(47)37-14-11-10-12-15-37;/h10-27,29-32,57H,1-9H3;/q-1;/i4D3,5D3,6D3;. The van der Waals surface area contributed by atoms with Crippen LogP contribution in [-0.4, -0.2) is 19.6 Å². The Kier molecular flexibility index (Phi) is 8.23. The first kappa shape index (κ1) is 30.5. The molecule has 8 aromatic rings. The van der Waals surface area contributed by atoms with E-state index in [0.717, 1.165) is 44.6 Å². The van der Waals surface area contributed by atoms with Gasteiger partial charge in [-0.25, -0.2) is 4.98 Å². The molecule has 0 bridgehead atoms. The van der Waals surface area contributed by atoms with Crippen molar-refractivity contribution in [1.29, 1.82) is 0 Å². The summed E-state index contributed by atoms with van der Waals surface area (Å²) < 4.78 is 78.6. The summed E-state index contributed by atoms with van der Waals surface area (Å²) in [6, 6.07) is 43.0. The smallest absolute Gasteiger partial charge is 0.148 e. The largest absolute Gasteiger partial charge is 0.507 e. The predicted molar refractivity (Wildman–Crippen MR) is 238 cm³/mol. The Morgan fingerprint density at radius 3 is 2.09 bits per heavy atom. The van der Waals surface area contributed by atoms with Crippen LogP contribution >= 0.6 is 0 Å². The molecule has 0 amide bonds. The summed E-state index contributed by atoms with van der Waals surface area (Å²) in [5.74, 6) is 0.353.